The second-order valence-corrected chi connectivity index (χ2v) is 6.22. The molecule has 1 N–H and O–H groups in total. The summed E-state index contributed by atoms with van der Waals surface area (Å²) in [5.74, 6) is 2.70. The molecule has 1 aromatic carbocycles. The second kappa shape index (κ2) is 7.62. The maximum atomic E-state index is 4.65. The normalized spacial score (nSPS) is 15.5. The lowest BCUT2D eigenvalue weighted by Crippen LogP contribution is -2.46. The minimum Gasteiger partial charge on any atom is -0.354 e. The van der Waals surface area contributed by atoms with E-state index in [-0.39, 0.29) is 0 Å². The van der Waals surface area contributed by atoms with E-state index >= 15 is 0 Å². The highest BCUT2D eigenvalue weighted by Gasteiger charge is 2.18. The summed E-state index contributed by atoms with van der Waals surface area (Å²) in [5, 5.41) is 3.48. The van der Waals surface area contributed by atoms with Gasteiger partial charge in [0.15, 0.2) is 0 Å². The van der Waals surface area contributed by atoms with E-state index in [1.54, 1.807) is 0 Å². The van der Waals surface area contributed by atoms with Gasteiger partial charge in [0.25, 0.3) is 0 Å². The fourth-order valence-corrected chi connectivity index (χ4v) is 3.16. The van der Waals surface area contributed by atoms with E-state index in [0.29, 0.717) is 0 Å². The number of para-hydroxylation sites is 1. The second-order valence-electron chi connectivity index (χ2n) is 6.22. The third-order valence-corrected chi connectivity index (χ3v) is 4.63. The number of hydrogen-bond donors (Lipinski definition) is 1. The first-order valence-electron chi connectivity index (χ1n) is 8.87. The van der Waals surface area contributed by atoms with Crippen molar-refractivity contribution in [2.24, 2.45) is 0 Å². The topological polar surface area (TPSA) is 44.3 Å². The smallest absolute Gasteiger partial charge is 0.136 e. The van der Waals surface area contributed by atoms with Gasteiger partial charge in [0.05, 0.1) is 0 Å². The Morgan fingerprint density at radius 2 is 1.79 bits per heavy atom. The van der Waals surface area contributed by atoms with E-state index in [1.165, 1.54) is 5.56 Å². The molecule has 24 heavy (non-hydrogen) atoms. The fourth-order valence-electron chi connectivity index (χ4n) is 3.16. The van der Waals surface area contributed by atoms with Crippen molar-refractivity contribution < 1.29 is 0 Å². The quantitative estimate of drug-likeness (QED) is 0.914. The van der Waals surface area contributed by atoms with Crippen LogP contribution in [0.4, 0.5) is 17.3 Å². The number of benzene rings is 1. The molecule has 128 valence electrons. The number of nitrogens with zero attached hydrogens (tertiary/aromatic N) is 4. The summed E-state index contributed by atoms with van der Waals surface area (Å²) >= 11 is 0. The first-order valence-corrected chi connectivity index (χ1v) is 8.87. The number of hydrogen-bond acceptors (Lipinski definition) is 5. The highest BCUT2D eigenvalue weighted by molar-refractivity contribution is 5.63. The van der Waals surface area contributed by atoms with Gasteiger partial charge in [0.1, 0.15) is 17.5 Å². The Morgan fingerprint density at radius 3 is 2.50 bits per heavy atom. The van der Waals surface area contributed by atoms with Crippen LogP contribution in [0.25, 0.3) is 0 Å². The highest BCUT2D eigenvalue weighted by Crippen LogP contribution is 2.23. The van der Waals surface area contributed by atoms with Gasteiger partial charge in [-0.25, -0.2) is 9.97 Å². The average molecular weight is 325 g/mol. The molecule has 0 radical (unpaired) electrons. The van der Waals surface area contributed by atoms with Crippen LogP contribution in [0, 0.1) is 6.92 Å². The van der Waals surface area contributed by atoms with Gasteiger partial charge in [-0.3, -0.25) is 0 Å². The van der Waals surface area contributed by atoms with Crippen LogP contribution in [0.5, 0.6) is 0 Å². The highest BCUT2D eigenvalue weighted by atomic mass is 15.3. The molecule has 0 spiro atoms. The number of likely N-dealkylation sites (N-methyl/N-ethyl adjacent to an activating group) is 1. The zero-order valence-corrected chi connectivity index (χ0v) is 14.9. The van der Waals surface area contributed by atoms with Crippen LogP contribution in [0.1, 0.15) is 25.2 Å². The number of nitrogens with one attached hydrogen (secondary N) is 1. The van der Waals surface area contributed by atoms with Gasteiger partial charge in [-0.2, -0.15) is 0 Å². The molecule has 0 aliphatic carbocycles. The van der Waals surface area contributed by atoms with Crippen LogP contribution >= 0.6 is 0 Å². The fraction of sp³-hybridized carbons (Fsp3) is 0.474. The Labute approximate surface area is 144 Å². The van der Waals surface area contributed by atoms with Crippen LogP contribution in [0.15, 0.2) is 30.3 Å². The first kappa shape index (κ1) is 16.7. The van der Waals surface area contributed by atoms with E-state index < -0.39 is 0 Å². The summed E-state index contributed by atoms with van der Waals surface area (Å²) in [6.07, 6.45) is 0.999. The number of aromatic nitrogens is 2. The van der Waals surface area contributed by atoms with Crippen molar-refractivity contribution in [2.75, 3.05) is 42.9 Å². The largest absolute Gasteiger partial charge is 0.354 e. The lowest BCUT2D eigenvalue weighted by Gasteiger charge is -2.34. The predicted octanol–water partition coefficient (Wildman–Crippen LogP) is 3.23. The molecule has 1 fully saturated rings. The zero-order chi connectivity index (χ0) is 16.9. The van der Waals surface area contributed by atoms with E-state index in [9.17, 15) is 0 Å². The van der Waals surface area contributed by atoms with Gasteiger partial charge in [0.2, 0.25) is 0 Å². The van der Waals surface area contributed by atoms with Crippen molar-refractivity contribution in [1.29, 1.82) is 0 Å². The average Bonchev–Trinajstić information content (AvgIpc) is 2.62. The molecule has 0 bridgehead atoms. The number of piperazine rings is 1. The molecule has 1 aliphatic rings. The summed E-state index contributed by atoms with van der Waals surface area (Å²) < 4.78 is 0. The summed E-state index contributed by atoms with van der Waals surface area (Å²) in [4.78, 5) is 14.1. The van der Waals surface area contributed by atoms with E-state index in [4.69, 9.17) is 0 Å². The number of anilines is 3. The zero-order valence-electron chi connectivity index (χ0n) is 14.9. The summed E-state index contributed by atoms with van der Waals surface area (Å²) in [5.41, 5.74) is 2.42. The Kier molecular flexibility index (Phi) is 5.30. The molecule has 1 aromatic heterocycles. The van der Waals surface area contributed by atoms with E-state index in [0.717, 1.165) is 62.3 Å². The van der Waals surface area contributed by atoms with Gasteiger partial charge >= 0.3 is 0 Å². The van der Waals surface area contributed by atoms with Crippen molar-refractivity contribution in [3.63, 3.8) is 0 Å². The molecule has 1 saturated heterocycles. The molecule has 2 aromatic rings. The Hall–Kier alpha value is -2.14. The van der Waals surface area contributed by atoms with Crippen molar-refractivity contribution >= 4 is 17.3 Å². The summed E-state index contributed by atoms with van der Waals surface area (Å²) in [6, 6.07) is 10.5. The van der Waals surface area contributed by atoms with Crippen molar-refractivity contribution in [2.45, 2.75) is 27.2 Å². The summed E-state index contributed by atoms with van der Waals surface area (Å²) in [6.45, 7) is 11.7. The molecule has 0 unspecified atom stereocenters. The molecular weight excluding hydrogens is 298 g/mol. The molecule has 1 aliphatic heterocycles. The summed E-state index contributed by atoms with van der Waals surface area (Å²) in [7, 11) is 0. The third kappa shape index (κ3) is 3.85. The monoisotopic (exact) mass is 325 g/mol. The van der Waals surface area contributed by atoms with Crippen molar-refractivity contribution in [1.82, 2.24) is 14.9 Å². The minimum atomic E-state index is 0.807. The van der Waals surface area contributed by atoms with Crippen LogP contribution in [-0.2, 0) is 6.42 Å². The van der Waals surface area contributed by atoms with Crippen LogP contribution in [0.3, 0.4) is 0 Å². The van der Waals surface area contributed by atoms with Crippen LogP contribution in [-0.4, -0.2) is 47.6 Å². The van der Waals surface area contributed by atoms with Gasteiger partial charge in [-0.15, -0.1) is 0 Å². The molecule has 5 nitrogen and oxygen atoms in total. The first-order chi connectivity index (χ1) is 11.7. The Morgan fingerprint density at radius 1 is 1.04 bits per heavy atom. The van der Waals surface area contributed by atoms with E-state index in [1.807, 2.05) is 6.92 Å². The van der Waals surface area contributed by atoms with Gasteiger partial charge in [-0.1, -0.05) is 32.0 Å². The molecule has 2 heterocycles. The SMILES string of the molecule is CCc1ccccc1Nc1cc(N2CCN(CC)CC2)nc(C)n1. The van der Waals surface area contributed by atoms with Crippen LogP contribution < -0.4 is 10.2 Å². The molecular formula is C19H27N5. The van der Waals surface area contributed by atoms with Crippen molar-refractivity contribution in [3.05, 3.63) is 41.7 Å². The Balaban J connectivity index is 1.79. The predicted molar refractivity (Wildman–Crippen MR) is 100 cm³/mol. The maximum Gasteiger partial charge on any atom is 0.136 e. The maximum absolute atomic E-state index is 4.65. The molecule has 0 atom stereocenters. The number of rotatable bonds is 5. The van der Waals surface area contributed by atoms with Gasteiger partial charge < -0.3 is 15.1 Å². The lowest BCUT2D eigenvalue weighted by molar-refractivity contribution is 0.270. The van der Waals surface area contributed by atoms with Crippen molar-refractivity contribution in [3.8, 4) is 0 Å². The van der Waals surface area contributed by atoms with Gasteiger partial charge in [0, 0.05) is 37.9 Å². The molecule has 0 saturated carbocycles. The Bertz CT molecular complexity index is 677. The van der Waals surface area contributed by atoms with Crippen LogP contribution in [0.2, 0.25) is 0 Å². The third-order valence-electron chi connectivity index (χ3n) is 4.63. The van der Waals surface area contributed by atoms with Gasteiger partial charge in [-0.05, 0) is 31.5 Å². The lowest BCUT2D eigenvalue weighted by atomic mass is 10.1. The number of aryl methyl sites for hydroxylation is 2. The molecule has 3 rings (SSSR count). The van der Waals surface area contributed by atoms with E-state index in [2.05, 4.69) is 69.3 Å². The standard InChI is InChI=1S/C19H27N5/c1-4-16-8-6-7-9-17(16)22-18-14-19(21-15(3)20-18)24-12-10-23(5-2)11-13-24/h6-9,14H,4-5,10-13H2,1-3H3,(H,20,21,22). The molecule has 0 amide bonds. The minimum absolute atomic E-state index is 0.807. The molecule has 5 heteroatoms.